The Kier molecular flexibility index (Phi) is 1.89. The van der Waals surface area contributed by atoms with E-state index in [9.17, 15) is 4.79 Å². The molecule has 2 bridgehead atoms. The number of rotatable bonds is 1. The van der Waals surface area contributed by atoms with Crippen molar-refractivity contribution in [2.24, 2.45) is 23.2 Å². The molecule has 0 amide bonds. The molecule has 0 aromatic rings. The van der Waals surface area contributed by atoms with E-state index in [0.717, 1.165) is 19.4 Å². The van der Waals surface area contributed by atoms with Gasteiger partial charge in [-0.25, -0.2) is 0 Å². The zero-order chi connectivity index (χ0) is 17.5. The monoisotopic (exact) mass is 302 g/mol. The predicted octanol–water partition coefficient (Wildman–Crippen LogP) is 1.89. The van der Waals surface area contributed by atoms with E-state index in [2.05, 4.69) is 18.0 Å². The van der Waals surface area contributed by atoms with Crippen LogP contribution in [0.2, 0.25) is 0 Å². The molecule has 5 aliphatic rings. The average molecular weight is 302 g/mol. The molecule has 0 aromatic heterocycles. The van der Waals surface area contributed by atoms with Crippen LogP contribution in [0, 0.1) is 23.2 Å². The van der Waals surface area contributed by atoms with Crippen molar-refractivity contribution in [2.45, 2.75) is 25.0 Å². The minimum atomic E-state index is -0.551. The smallest absolute Gasteiger partial charge is 0.196 e. The molecule has 116 valence electrons. The second kappa shape index (κ2) is 4.05. The van der Waals surface area contributed by atoms with Crippen LogP contribution in [0.15, 0.2) is 35.8 Å². The quantitative estimate of drug-likeness (QED) is 0.741. The van der Waals surface area contributed by atoms with E-state index in [1.807, 2.05) is 0 Å². The fourth-order valence-corrected chi connectivity index (χ4v) is 5.58. The molecule has 1 saturated carbocycles. The Bertz CT molecular complexity index is 761. The van der Waals surface area contributed by atoms with E-state index >= 15 is 0 Å². The zero-order valence-corrected chi connectivity index (χ0v) is 12.5. The Morgan fingerprint density at radius 2 is 2.50 bits per heavy atom. The van der Waals surface area contributed by atoms with Crippen LogP contribution in [0.25, 0.3) is 0 Å². The first kappa shape index (κ1) is 10.3. The normalized spacial score (nSPS) is 51.0. The third kappa shape index (κ3) is 1.27. The Labute approximate surface area is 134 Å². The van der Waals surface area contributed by atoms with Gasteiger partial charge >= 0.3 is 0 Å². The van der Waals surface area contributed by atoms with Crippen molar-refractivity contribution >= 4 is 5.78 Å². The Hall–Kier alpha value is -1.55. The van der Waals surface area contributed by atoms with E-state index in [1.54, 1.807) is 6.08 Å². The number of methoxy groups -OCH3 is 1. The molecule has 4 nitrogen and oxygen atoms in total. The summed E-state index contributed by atoms with van der Waals surface area (Å²) in [5, 5.41) is 0. The highest BCUT2D eigenvalue weighted by molar-refractivity contribution is 5.96. The maximum atomic E-state index is 12.7. The van der Waals surface area contributed by atoms with E-state index in [-0.39, 0.29) is 59.9 Å². The topological polar surface area (TPSA) is 38.8 Å². The summed E-state index contributed by atoms with van der Waals surface area (Å²) >= 11 is 0. The molecule has 4 heteroatoms. The van der Waals surface area contributed by atoms with Crippen molar-refractivity contribution in [1.29, 1.82) is 0 Å². The van der Waals surface area contributed by atoms with E-state index < -0.39 is 6.10 Å². The average Bonchev–Trinajstić information content (AvgIpc) is 2.94. The van der Waals surface area contributed by atoms with Gasteiger partial charge in [0.15, 0.2) is 17.6 Å². The van der Waals surface area contributed by atoms with Gasteiger partial charge in [-0.3, -0.25) is 4.79 Å². The molecule has 2 unspecified atom stereocenters. The number of allylic oxidation sites excluding steroid dienone is 3. The maximum Gasteiger partial charge on any atom is 0.196 e. The van der Waals surface area contributed by atoms with Gasteiger partial charge in [-0.2, -0.15) is 0 Å². The summed E-state index contributed by atoms with van der Waals surface area (Å²) < 4.78 is 35.9. The molecule has 5 rings (SSSR count). The fraction of sp³-hybridized carbons (Fsp3) is 0.611. The van der Waals surface area contributed by atoms with Gasteiger partial charge in [0, 0.05) is 23.3 Å². The summed E-state index contributed by atoms with van der Waals surface area (Å²) in [6.07, 6.45) is 4.78. The molecule has 6 atom stereocenters. The van der Waals surface area contributed by atoms with Crippen LogP contribution in [0.5, 0.6) is 0 Å². The lowest BCUT2D eigenvalue weighted by Gasteiger charge is -2.59. The molecule has 2 aliphatic heterocycles. The number of piperidine rings is 1. The molecule has 3 aliphatic carbocycles. The van der Waals surface area contributed by atoms with E-state index in [0.29, 0.717) is 5.76 Å². The molecule has 3 fully saturated rings. The second-order valence-electron chi connectivity index (χ2n) is 7.12. The molecule has 2 saturated heterocycles. The van der Waals surface area contributed by atoms with Crippen LogP contribution < -0.4 is 0 Å². The number of ketones is 1. The SMILES string of the molecule is [2H]COC1=C2O[C@H]3C(=O)C=C[C@H]4[C@H]5CC(C([2H])=C1[2H])C2[C@@]34CCN5C. The molecule has 0 radical (unpaired) electrons. The summed E-state index contributed by atoms with van der Waals surface area (Å²) in [7, 11) is 1.78. The number of carbonyl (C=O) groups excluding carboxylic acids is 1. The highest BCUT2D eigenvalue weighted by Crippen LogP contribution is 2.66. The highest BCUT2D eigenvalue weighted by atomic mass is 16.5. The molecule has 22 heavy (non-hydrogen) atoms. The van der Waals surface area contributed by atoms with Gasteiger partial charge in [0.2, 0.25) is 0 Å². The lowest BCUT2D eigenvalue weighted by atomic mass is 9.48. The van der Waals surface area contributed by atoms with Gasteiger partial charge < -0.3 is 14.4 Å². The first-order valence-electron chi connectivity index (χ1n) is 9.64. The van der Waals surface area contributed by atoms with Crippen molar-refractivity contribution < 1.29 is 18.4 Å². The predicted molar refractivity (Wildman–Crippen MR) is 80.8 cm³/mol. The summed E-state index contributed by atoms with van der Waals surface area (Å²) in [6, 6.07) is 0.538. The maximum absolute atomic E-state index is 12.7. The van der Waals surface area contributed by atoms with Crippen molar-refractivity contribution in [3.63, 3.8) is 0 Å². The molecule has 1 spiro atoms. The standard InChI is InChI=1S/C18H21NO3/c1-19-8-7-18-11-4-5-13(20)17(18)22-16-14(21-2)6-3-10(15(16)18)9-12(11)19/h3-6,10-12,15,17H,7-9H2,1-2H3/t10?,11-,12+,15?,17-,18-/m0/s1/i2D,3D,6D. The van der Waals surface area contributed by atoms with Crippen molar-refractivity contribution in [3.05, 3.63) is 35.8 Å². The summed E-state index contributed by atoms with van der Waals surface area (Å²) in [6.45, 7) is 0.901. The lowest BCUT2D eigenvalue weighted by Crippen LogP contribution is -2.64. The van der Waals surface area contributed by atoms with Gasteiger partial charge in [0.05, 0.1) is 11.2 Å². The van der Waals surface area contributed by atoms with Crippen LogP contribution in [-0.4, -0.2) is 43.5 Å². The van der Waals surface area contributed by atoms with E-state index in [4.69, 9.17) is 13.6 Å². The Morgan fingerprint density at radius 1 is 1.59 bits per heavy atom. The van der Waals surface area contributed by atoms with Crippen molar-refractivity contribution in [2.75, 3.05) is 20.7 Å². The minimum Gasteiger partial charge on any atom is -0.493 e. The van der Waals surface area contributed by atoms with Crippen LogP contribution >= 0.6 is 0 Å². The molecule has 0 N–H and O–H groups in total. The zero-order valence-electron chi connectivity index (χ0n) is 15.5. The largest absolute Gasteiger partial charge is 0.493 e. The number of likely N-dealkylation sites (tertiary alicyclic amines) is 1. The van der Waals surface area contributed by atoms with Gasteiger partial charge in [-0.15, -0.1) is 0 Å². The molecule has 0 aromatic carbocycles. The Balaban J connectivity index is 1.75. The van der Waals surface area contributed by atoms with Crippen LogP contribution in [-0.2, 0) is 14.3 Å². The number of hydrogen-bond acceptors (Lipinski definition) is 4. The molecular formula is C18H21NO3. The lowest BCUT2D eigenvalue weighted by molar-refractivity contribution is -0.140. The van der Waals surface area contributed by atoms with Gasteiger partial charge in [-0.1, -0.05) is 12.1 Å². The number of carbonyl (C=O) groups is 1. The number of ether oxygens (including phenoxy) is 2. The van der Waals surface area contributed by atoms with E-state index in [1.165, 1.54) is 0 Å². The van der Waals surface area contributed by atoms with Crippen molar-refractivity contribution in [3.8, 4) is 0 Å². The van der Waals surface area contributed by atoms with Crippen LogP contribution in [0.3, 0.4) is 0 Å². The summed E-state index contributed by atoms with van der Waals surface area (Å²) in [5.74, 6) is 0.732. The van der Waals surface area contributed by atoms with Crippen molar-refractivity contribution in [1.82, 2.24) is 4.90 Å². The third-order valence-electron chi connectivity index (χ3n) is 6.46. The Morgan fingerprint density at radius 3 is 3.36 bits per heavy atom. The van der Waals surface area contributed by atoms with Gasteiger partial charge in [0.25, 0.3) is 0 Å². The molecular weight excluding hydrogens is 278 g/mol. The first-order chi connectivity index (χ1) is 12.0. The molecule has 2 heterocycles. The number of hydrogen-bond donors (Lipinski definition) is 0. The van der Waals surface area contributed by atoms with Crippen LogP contribution in [0.1, 0.15) is 17.0 Å². The second-order valence-corrected chi connectivity index (χ2v) is 7.12. The first-order valence-corrected chi connectivity index (χ1v) is 7.93. The third-order valence-corrected chi connectivity index (χ3v) is 6.46. The number of nitrogens with zero attached hydrogens (tertiary/aromatic N) is 1. The van der Waals surface area contributed by atoms with Gasteiger partial charge in [-0.05, 0) is 44.5 Å². The van der Waals surface area contributed by atoms with Crippen LogP contribution in [0.4, 0.5) is 0 Å². The fourth-order valence-electron chi connectivity index (χ4n) is 5.58. The highest BCUT2D eigenvalue weighted by Gasteiger charge is 2.69. The minimum absolute atomic E-state index is 0.0122. The summed E-state index contributed by atoms with van der Waals surface area (Å²) in [4.78, 5) is 15.0. The van der Waals surface area contributed by atoms with Gasteiger partial charge in [0.1, 0.15) is 5.76 Å². The summed E-state index contributed by atoms with van der Waals surface area (Å²) in [5.41, 5.74) is -0.342.